The fraction of sp³-hybridized carbons (Fsp3) is 0.929. The van der Waals surface area contributed by atoms with Gasteiger partial charge in [0, 0.05) is 12.5 Å². The molecule has 1 heterocycles. The van der Waals surface area contributed by atoms with Crippen LogP contribution in [-0.2, 0) is 14.2 Å². The van der Waals surface area contributed by atoms with Crippen LogP contribution >= 0.6 is 0 Å². The molecule has 0 aromatic carbocycles. The third-order valence-electron chi connectivity index (χ3n) is 11.3. The molecule has 7 heteroatoms. The molecule has 3 saturated carbocycles. The first kappa shape index (κ1) is 26.1. The van der Waals surface area contributed by atoms with Crippen LogP contribution in [-0.4, -0.2) is 76.1 Å². The number of hydrogen-bond acceptors (Lipinski definition) is 7. The number of fused-ring (bicyclic) bond motifs is 5. The van der Waals surface area contributed by atoms with E-state index in [9.17, 15) is 20.4 Å². The van der Waals surface area contributed by atoms with E-state index < -0.39 is 36.3 Å². The standard InChI is InChI=1S/C28H46O7/c1-15(29)19-10-13-28(32)21-7-6-17-14-18(8-11-26(17,3)20(21)9-12-27(19,28)4)35-25-23(31)24(33-5)22(30)16(2)34-25/h6,15-16,18-25,29-32H,7-14H2,1-5H3. The Morgan fingerprint density at radius 3 is 2.49 bits per heavy atom. The fourth-order valence-corrected chi connectivity index (χ4v) is 9.10. The molecule has 1 aliphatic heterocycles. The summed E-state index contributed by atoms with van der Waals surface area (Å²) in [6.07, 6.45) is 5.18. The van der Waals surface area contributed by atoms with Gasteiger partial charge < -0.3 is 34.6 Å². The van der Waals surface area contributed by atoms with Crippen molar-refractivity contribution in [3.63, 3.8) is 0 Å². The van der Waals surface area contributed by atoms with Crippen molar-refractivity contribution in [1.29, 1.82) is 0 Å². The largest absolute Gasteiger partial charge is 0.393 e. The Hall–Kier alpha value is -0.540. The molecule has 0 spiro atoms. The third kappa shape index (κ3) is 3.79. The van der Waals surface area contributed by atoms with Crippen LogP contribution in [0.4, 0.5) is 0 Å². The highest BCUT2D eigenvalue weighted by Gasteiger charge is 2.66. The Kier molecular flexibility index (Phi) is 6.73. The van der Waals surface area contributed by atoms with Crippen LogP contribution in [0.1, 0.15) is 79.1 Å². The van der Waals surface area contributed by atoms with Crippen molar-refractivity contribution in [2.45, 2.75) is 128 Å². The van der Waals surface area contributed by atoms with E-state index in [1.165, 1.54) is 12.7 Å². The molecule has 0 aromatic rings. The maximum absolute atomic E-state index is 12.1. The van der Waals surface area contributed by atoms with E-state index in [0.29, 0.717) is 5.92 Å². The summed E-state index contributed by atoms with van der Waals surface area (Å²) in [5.74, 6) is 0.817. The molecule has 5 rings (SSSR count). The Morgan fingerprint density at radius 2 is 1.80 bits per heavy atom. The summed E-state index contributed by atoms with van der Waals surface area (Å²) in [7, 11) is 1.48. The van der Waals surface area contributed by atoms with Gasteiger partial charge in [-0.15, -0.1) is 0 Å². The number of aliphatic hydroxyl groups is 4. The van der Waals surface area contributed by atoms with Gasteiger partial charge in [-0.1, -0.05) is 25.5 Å². The van der Waals surface area contributed by atoms with Crippen molar-refractivity contribution >= 4 is 0 Å². The summed E-state index contributed by atoms with van der Waals surface area (Å²) in [4.78, 5) is 0. The Morgan fingerprint density at radius 1 is 1.06 bits per heavy atom. The molecule has 200 valence electrons. The number of aliphatic hydroxyl groups excluding tert-OH is 3. The van der Waals surface area contributed by atoms with Crippen LogP contribution in [0.25, 0.3) is 0 Å². The highest BCUT2D eigenvalue weighted by atomic mass is 16.7. The molecule has 7 nitrogen and oxygen atoms in total. The van der Waals surface area contributed by atoms with Crippen LogP contribution in [0.2, 0.25) is 0 Å². The first-order valence-corrected chi connectivity index (χ1v) is 13.8. The quantitative estimate of drug-likeness (QED) is 0.445. The van der Waals surface area contributed by atoms with Gasteiger partial charge in [-0.25, -0.2) is 0 Å². The Bertz CT molecular complexity index is 830. The minimum atomic E-state index is -1.04. The van der Waals surface area contributed by atoms with Crippen LogP contribution in [0, 0.1) is 28.6 Å². The summed E-state index contributed by atoms with van der Waals surface area (Å²) in [5, 5.41) is 43.6. The lowest BCUT2D eigenvalue weighted by Crippen LogP contribution is -2.61. The predicted octanol–water partition coefficient (Wildman–Crippen LogP) is 2.93. The molecule has 0 bridgehead atoms. The van der Waals surface area contributed by atoms with Crippen molar-refractivity contribution < 1.29 is 34.6 Å². The lowest BCUT2D eigenvalue weighted by atomic mass is 9.45. The van der Waals surface area contributed by atoms with Crippen molar-refractivity contribution in [3.05, 3.63) is 11.6 Å². The monoisotopic (exact) mass is 494 g/mol. The molecular formula is C28H46O7. The van der Waals surface area contributed by atoms with Gasteiger partial charge in [-0.3, -0.25) is 0 Å². The first-order valence-electron chi connectivity index (χ1n) is 13.8. The zero-order chi connectivity index (χ0) is 25.3. The van der Waals surface area contributed by atoms with Crippen molar-refractivity contribution in [2.75, 3.05) is 7.11 Å². The van der Waals surface area contributed by atoms with E-state index in [1.54, 1.807) is 6.92 Å². The van der Waals surface area contributed by atoms with Gasteiger partial charge in [0.2, 0.25) is 0 Å². The van der Waals surface area contributed by atoms with Crippen LogP contribution in [0.3, 0.4) is 0 Å². The van der Waals surface area contributed by atoms with Gasteiger partial charge in [0.25, 0.3) is 0 Å². The average molecular weight is 495 g/mol. The van der Waals surface area contributed by atoms with E-state index in [4.69, 9.17) is 14.2 Å². The summed E-state index contributed by atoms with van der Waals surface area (Å²) < 4.78 is 17.4. The molecule has 13 atom stereocenters. The predicted molar refractivity (Wildman–Crippen MR) is 130 cm³/mol. The topological polar surface area (TPSA) is 109 Å². The van der Waals surface area contributed by atoms with Crippen molar-refractivity contribution in [3.8, 4) is 0 Å². The fourth-order valence-electron chi connectivity index (χ4n) is 9.10. The van der Waals surface area contributed by atoms with Crippen molar-refractivity contribution in [1.82, 2.24) is 0 Å². The maximum atomic E-state index is 12.1. The second-order valence-electron chi connectivity index (χ2n) is 12.8. The highest BCUT2D eigenvalue weighted by molar-refractivity contribution is 5.28. The molecule has 0 aromatic heterocycles. The number of methoxy groups -OCH3 is 1. The SMILES string of the molecule is COC1C(O)C(C)OC(OC2CCC3(C)C(=CCC4C3CCC3(C)C(C(C)O)CCC43O)C2)C1O. The van der Waals surface area contributed by atoms with Gasteiger partial charge in [0.1, 0.15) is 18.3 Å². The molecule has 4 N–H and O–H groups in total. The molecule has 1 saturated heterocycles. The summed E-state index contributed by atoms with van der Waals surface area (Å²) in [5.41, 5.74) is 0.502. The van der Waals surface area contributed by atoms with E-state index in [1.807, 2.05) is 6.92 Å². The minimum absolute atomic E-state index is 0.0351. The lowest BCUT2D eigenvalue weighted by Gasteiger charge is -2.61. The zero-order valence-corrected chi connectivity index (χ0v) is 22.0. The molecule has 4 fully saturated rings. The van der Waals surface area contributed by atoms with E-state index in [2.05, 4.69) is 19.9 Å². The molecule has 5 aliphatic rings. The second kappa shape index (κ2) is 9.04. The van der Waals surface area contributed by atoms with Gasteiger partial charge >= 0.3 is 0 Å². The van der Waals surface area contributed by atoms with E-state index >= 15 is 0 Å². The van der Waals surface area contributed by atoms with Crippen LogP contribution in [0.5, 0.6) is 0 Å². The average Bonchev–Trinajstić information content (AvgIpc) is 3.09. The number of hydrogen-bond donors (Lipinski definition) is 4. The summed E-state index contributed by atoms with van der Waals surface area (Å²) >= 11 is 0. The van der Waals surface area contributed by atoms with Gasteiger partial charge in [-0.2, -0.15) is 0 Å². The highest BCUT2D eigenvalue weighted by Crippen LogP contribution is 2.68. The Balaban J connectivity index is 1.32. The lowest BCUT2D eigenvalue weighted by molar-refractivity contribution is -0.309. The molecule has 13 unspecified atom stereocenters. The number of rotatable bonds is 4. The van der Waals surface area contributed by atoms with Crippen LogP contribution in [0.15, 0.2) is 11.6 Å². The van der Waals surface area contributed by atoms with E-state index in [0.717, 1.165) is 51.4 Å². The maximum Gasteiger partial charge on any atom is 0.186 e. The molecule has 0 amide bonds. The zero-order valence-electron chi connectivity index (χ0n) is 22.0. The normalized spacial score (nSPS) is 54.9. The van der Waals surface area contributed by atoms with E-state index in [-0.39, 0.29) is 34.9 Å². The summed E-state index contributed by atoms with van der Waals surface area (Å²) in [6, 6.07) is 0. The van der Waals surface area contributed by atoms with Gasteiger partial charge in [-0.05, 0) is 88.4 Å². The van der Waals surface area contributed by atoms with Crippen LogP contribution < -0.4 is 0 Å². The van der Waals surface area contributed by atoms with Crippen molar-refractivity contribution in [2.24, 2.45) is 28.6 Å². The third-order valence-corrected chi connectivity index (χ3v) is 11.3. The molecule has 4 aliphatic carbocycles. The smallest absolute Gasteiger partial charge is 0.186 e. The number of ether oxygens (including phenoxy) is 3. The number of allylic oxidation sites excluding steroid dienone is 1. The second-order valence-corrected chi connectivity index (χ2v) is 12.8. The molecular weight excluding hydrogens is 448 g/mol. The molecule has 35 heavy (non-hydrogen) atoms. The van der Waals surface area contributed by atoms with Gasteiger partial charge in [0.05, 0.1) is 23.9 Å². The van der Waals surface area contributed by atoms with Gasteiger partial charge in [0.15, 0.2) is 6.29 Å². The minimum Gasteiger partial charge on any atom is -0.393 e. The first-order chi connectivity index (χ1) is 16.5. The Labute approximate surface area is 209 Å². The molecule has 0 radical (unpaired) electrons. The summed E-state index contributed by atoms with van der Waals surface area (Å²) in [6.45, 7) is 8.26.